The third-order valence-electron chi connectivity index (χ3n) is 3.22. The maximum absolute atomic E-state index is 11.2. The first-order valence-corrected chi connectivity index (χ1v) is 6.91. The Morgan fingerprint density at radius 1 is 1.35 bits per heavy atom. The van der Waals surface area contributed by atoms with E-state index in [4.69, 9.17) is 26.8 Å². The van der Waals surface area contributed by atoms with Gasteiger partial charge >= 0.3 is 5.97 Å². The number of benzene rings is 1. The molecule has 0 aromatic heterocycles. The molecule has 0 saturated carbocycles. The minimum Gasteiger partial charge on any atom is -0.489 e. The average molecular weight is 300 g/mol. The highest BCUT2D eigenvalue weighted by Gasteiger charge is 2.29. The predicted molar refractivity (Wildman–Crippen MR) is 75.7 cm³/mol. The van der Waals surface area contributed by atoms with Gasteiger partial charge in [0.1, 0.15) is 6.04 Å². The highest BCUT2D eigenvalue weighted by Crippen LogP contribution is 2.44. The third-order valence-corrected chi connectivity index (χ3v) is 3.53. The Labute approximate surface area is 122 Å². The third kappa shape index (κ3) is 2.69. The number of carboxylic acid groups (broad SMARTS) is 1. The van der Waals surface area contributed by atoms with Crippen LogP contribution in [0.3, 0.4) is 0 Å². The van der Waals surface area contributed by atoms with Crippen LogP contribution in [0.5, 0.6) is 11.5 Å². The molecule has 2 rings (SSSR count). The second kappa shape index (κ2) is 5.89. The normalized spacial score (nSPS) is 15.8. The van der Waals surface area contributed by atoms with Crippen LogP contribution in [0.15, 0.2) is 6.07 Å². The molecule has 1 unspecified atom stereocenters. The minimum absolute atomic E-state index is 0.0181. The molecule has 0 bridgehead atoms. The number of ether oxygens (including phenoxy) is 2. The molecule has 3 N–H and O–H groups in total. The van der Waals surface area contributed by atoms with E-state index >= 15 is 0 Å². The Morgan fingerprint density at radius 2 is 2.00 bits per heavy atom. The molecular weight excluding hydrogens is 282 g/mol. The molecule has 1 aromatic rings. The number of hydrogen-bond acceptors (Lipinski definition) is 4. The van der Waals surface area contributed by atoms with Crippen molar-refractivity contribution < 1.29 is 19.4 Å². The van der Waals surface area contributed by atoms with E-state index in [1.807, 2.05) is 13.8 Å². The SMILES string of the molecule is CC(C)c1c2c(cc(Cl)c1C(N)C(=O)O)OCCCO2. The van der Waals surface area contributed by atoms with E-state index in [9.17, 15) is 9.90 Å². The van der Waals surface area contributed by atoms with E-state index in [0.717, 1.165) is 6.42 Å². The molecule has 5 nitrogen and oxygen atoms in total. The molecule has 1 heterocycles. The summed E-state index contributed by atoms with van der Waals surface area (Å²) in [6.07, 6.45) is 0.768. The van der Waals surface area contributed by atoms with Crippen molar-refractivity contribution in [1.29, 1.82) is 0 Å². The molecule has 0 radical (unpaired) electrons. The smallest absolute Gasteiger partial charge is 0.325 e. The number of carboxylic acids is 1. The number of fused-ring (bicyclic) bond motifs is 1. The largest absolute Gasteiger partial charge is 0.489 e. The first-order chi connectivity index (χ1) is 9.43. The lowest BCUT2D eigenvalue weighted by atomic mass is 9.91. The van der Waals surface area contributed by atoms with Crippen LogP contribution in [0.2, 0.25) is 5.02 Å². The minimum atomic E-state index is -1.18. The molecule has 1 aliphatic rings. The molecule has 110 valence electrons. The molecule has 0 saturated heterocycles. The van der Waals surface area contributed by atoms with E-state index in [2.05, 4.69) is 0 Å². The Kier molecular flexibility index (Phi) is 4.40. The lowest BCUT2D eigenvalue weighted by Crippen LogP contribution is -2.23. The van der Waals surface area contributed by atoms with E-state index < -0.39 is 12.0 Å². The first kappa shape index (κ1) is 14.9. The van der Waals surface area contributed by atoms with Crippen LogP contribution in [0.1, 0.15) is 43.4 Å². The zero-order valence-electron chi connectivity index (χ0n) is 11.5. The molecule has 0 fully saturated rings. The monoisotopic (exact) mass is 299 g/mol. The van der Waals surface area contributed by atoms with Gasteiger partial charge in [-0.25, -0.2) is 0 Å². The molecule has 0 amide bonds. The predicted octanol–water partition coefficient (Wildman–Crippen LogP) is 2.71. The summed E-state index contributed by atoms with van der Waals surface area (Å²) in [5, 5.41) is 9.47. The van der Waals surface area contributed by atoms with Gasteiger partial charge in [0.25, 0.3) is 0 Å². The van der Waals surface area contributed by atoms with Crippen molar-refractivity contribution in [2.24, 2.45) is 5.73 Å². The Morgan fingerprint density at radius 3 is 2.60 bits per heavy atom. The summed E-state index contributed by atoms with van der Waals surface area (Å²) >= 11 is 6.22. The first-order valence-electron chi connectivity index (χ1n) is 6.53. The van der Waals surface area contributed by atoms with Crippen LogP contribution in [0.25, 0.3) is 0 Å². The standard InChI is InChI=1S/C14H18ClNO4/c1-7(2)10-11(12(16)14(17)18)8(15)6-9-13(10)20-5-3-4-19-9/h6-7,12H,3-5,16H2,1-2H3,(H,17,18). The molecular formula is C14H18ClNO4. The van der Waals surface area contributed by atoms with E-state index in [-0.39, 0.29) is 5.92 Å². The maximum atomic E-state index is 11.2. The van der Waals surface area contributed by atoms with Gasteiger partial charge < -0.3 is 20.3 Å². The highest BCUT2D eigenvalue weighted by atomic mass is 35.5. The van der Waals surface area contributed by atoms with Gasteiger partial charge in [-0.15, -0.1) is 0 Å². The van der Waals surface area contributed by atoms with Crippen LogP contribution in [-0.4, -0.2) is 24.3 Å². The number of hydrogen-bond donors (Lipinski definition) is 2. The van der Waals surface area contributed by atoms with Crippen LogP contribution in [0, 0.1) is 0 Å². The molecule has 20 heavy (non-hydrogen) atoms. The second-order valence-electron chi connectivity index (χ2n) is 5.03. The lowest BCUT2D eigenvalue weighted by Gasteiger charge is -2.22. The molecule has 1 aliphatic heterocycles. The van der Waals surface area contributed by atoms with Gasteiger partial charge in [-0.3, -0.25) is 4.79 Å². The maximum Gasteiger partial charge on any atom is 0.325 e. The number of halogens is 1. The van der Waals surface area contributed by atoms with Crippen molar-refractivity contribution >= 4 is 17.6 Å². The second-order valence-corrected chi connectivity index (χ2v) is 5.44. The lowest BCUT2D eigenvalue weighted by molar-refractivity contribution is -0.138. The number of rotatable bonds is 3. The van der Waals surface area contributed by atoms with Crippen molar-refractivity contribution in [3.8, 4) is 11.5 Å². The summed E-state index contributed by atoms with van der Waals surface area (Å²) in [4.78, 5) is 11.2. The van der Waals surface area contributed by atoms with Gasteiger partial charge in [-0.1, -0.05) is 25.4 Å². The number of carbonyl (C=O) groups is 1. The quantitative estimate of drug-likeness (QED) is 0.897. The van der Waals surface area contributed by atoms with Crippen LogP contribution in [-0.2, 0) is 4.79 Å². The van der Waals surface area contributed by atoms with Crippen molar-refractivity contribution in [3.05, 3.63) is 22.2 Å². The molecule has 1 atom stereocenters. The van der Waals surface area contributed by atoms with Crippen molar-refractivity contribution in [2.45, 2.75) is 32.2 Å². The van der Waals surface area contributed by atoms with E-state index in [1.165, 1.54) is 0 Å². The van der Waals surface area contributed by atoms with Crippen LogP contribution < -0.4 is 15.2 Å². The van der Waals surface area contributed by atoms with Gasteiger partial charge in [-0.05, 0) is 5.92 Å². The van der Waals surface area contributed by atoms with Gasteiger partial charge in [-0.2, -0.15) is 0 Å². The van der Waals surface area contributed by atoms with Gasteiger partial charge in [0.2, 0.25) is 0 Å². The summed E-state index contributed by atoms with van der Waals surface area (Å²) in [5.74, 6) is 0.0129. The van der Waals surface area contributed by atoms with Gasteiger partial charge in [0.05, 0.1) is 18.2 Å². The fourth-order valence-corrected chi connectivity index (χ4v) is 2.64. The van der Waals surface area contributed by atoms with Crippen LogP contribution in [0.4, 0.5) is 0 Å². The van der Waals surface area contributed by atoms with E-state index in [0.29, 0.717) is 40.9 Å². The van der Waals surface area contributed by atoms with Crippen LogP contribution >= 0.6 is 11.6 Å². The van der Waals surface area contributed by atoms with E-state index in [1.54, 1.807) is 6.07 Å². The number of aliphatic carboxylic acids is 1. The van der Waals surface area contributed by atoms with Crippen molar-refractivity contribution in [2.75, 3.05) is 13.2 Å². The fraction of sp³-hybridized carbons (Fsp3) is 0.500. The van der Waals surface area contributed by atoms with Gasteiger partial charge in [0.15, 0.2) is 11.5 Å². The summed E-state index contributed by atoms with van der Waals surface area (Å²) in [7, 11) is 0. The Hall–Kier alpha value is -1.46. The molecule has 1 aromatic carbocycles. The summed E-state index contributed by atoms with van der Waals surface area (Å²) in [6.45, 7) is 4.96. The van der Waals surface area contributed by atoms with Crippen molar-refractivity contribution in [3.63, 3.8) is 0 Å². The fourth-order valence-electron chi connectivity index (χ4n) is 2.33. The molecule has 0 spiro atoms. The summed E-state index contributed by atoms with van der Waals surface area (Å²) in [5.41, 5.74) is 6.88. The Balaban J connectivity index is 2.67. The average Bonchev–Trinajstić information content (AvgIpc) is 2.60. The summed E-state index contributed by atoms with van der Waals surface area (Å²) < 4.78 is 11.4. The topological polar surface area (TPSA) is 81.8 Å². The highest BCUT2D eigenvalue weighted by molar-refractivity contribution is 6.32. The number of nitrogens with two attached hydrogens (primary N) is 1. The molecule has 0 aliphatic carbocycles. The Bertz CT molecular complexity index is 530. The van der Waals surface area contributed by atoms with Gasteiger partial charge in [0, 0.05) is 23.6 Å². The van der Waals surface area contributed by atoms with Crippen molar-refractivity contribution in [1.82, 2.24) is 0 Å². The zero-order valence-corrected chi connectivity index (χ0v) is 12.2. The summed E-state index contributed by atoms with van der Waals surface area (Å²) in [6, 6.07) is 0.406. The zero-order chi connectivity index (χ0) is 14.9. The molecule has 6 heteroatoms.